The number of fused-ring (bicyclic) bond motifs is 4. The molecule has 3 heterocycles. The van der Waals surface area contributed by atoms with E-state index in [2.05, 4.69) is 155 Å². The second kappa shape index (κ2) is 8.75. The average Bonchev–Trinajstić information content (AvgIpc) is 3.02. The van der Waals surface area contributed by atoms with Crippen molar-refractivity contribution in [2.45, 2.75) is 0 Å². The highest BCUT2D eigenvalue weighted by Gasteiger charge is 2.44. The predicted molar refractivity (Wildman–Crippen MR) is 164 cm³/mol. The molecule has 39 heavy (non-hydrogen) atoms. The number of nitrogens with zero attached hydrogens (tertiary/aromatic N) is 3. The summed E-state index contributed by atoms with van der Waals surface area (Å²) in [7, 11) is 0. The average molecular weight is 497 g/mol. The minimum Gasteiger partial charge on any atom is -0.311 e. The van der Waals surface area contributed by atoms with Crippen LogP contribution in [-0.4, -0.2) is 11.7 Å². The molecule has 2 aliphatic heterocycles. The smallest absolute Gasteiger partial charge is 0.254 e. The Hall–Kier alpha value is -5.09. The van der Waals surface area contributed by atoms with Crippen molar-refractivity contribution in [3.63, 3.8) is 0 Å². The number of rotatable bonds is 3. The summed E-state index contributed by atoms with van der Waals surface area (Å²) in [5, 5.41) is 0. The molecular weight excluding hydrogens is 473 g/mol. The highest BCUT2D eigenvalue weighted by atomic mass is 15.2. The molecule has 182 valence electrons. The maximum Gasteiger partial charge on any atom is 0.254 e. The number of pyridine rings is 1. The van der Waals surface area contributed by atoms with Crippen LogP contribution in [0, 0.1) is 0 Å². The number of anilines is 6. The molecule has 4 heteroatoms. The minimum absolute atomic E-state index is 0.0830. The SMILES string of the molecule is c1ccc(-c2cc3c4c(n2)N(c2ccccc2)c2ccccc2B4c2ccccc2N3c2ccccc2)cc1. The van der Waals surface area contributed by atoms with Crippen LogP contribution in [0.15, 0.2) is 146 Å². The van der Waals surface area contributed by atoms with E-state index in [0.29, 0.717) is 0 Å². The fourth-order valence-corrected chi connectivity index (χ4v) is 6.20. The second-order valence-corrected chi connectivity index (χ2v) is 10.0. The Bertz CT molecular complexity index is 1710. The molecule has 0 aliphatic carbocycles. The van der Waals surface area contributed by atoms with E-state index in [1.807, 2.05) is 0 Å². The molecule has 0 amide bonds. The van der Waals surface area contributed by atoms with E-state index in [1.54, 1.807) is 0 Å². The van der Waals surface area contributed by atoms with E-state index in [0.717, 1.165) is 28.5 Å². The molecule has 6 aromatic rings. The van der Waals surface area contributed by atoms with E-state index in [4.69, 9.17) is 4.98 Å². The van der Waals surface area contributed by atoms with Gasteiger partial charge in [0.1, 0.15) is 5.82 Å². The Morgan fingerprint density at radius 3 is 1.56 bits per heavy atom. The van der Waals surface area contributed by atoms with Crippen molar-refractivity contribution in [2.24, 2.45) is 0 Å². The zero-order valence-electron chi connectivity index (χ0n) is 21.3. The van der Waals surface area contributed by atoms with Crippen LogP contribution in [0.3, 0.4) is 0 Å². The molecule has 0 N–H and O–H groups in total. The fourth-order valence-electron chi connectivity index (χ4n) is 6.20. The highest BCUT2D eigenvalue weighted by molar-refractivity contribution is 7.00. The van der Waals surface area contributed by atoms with Crippen molar-refractivity contribution in [3.8, 4) is 11.3 Å². The third-order valence-electron chi connectivity index (χ3n) is 7.83. The predicted octanol–water partition coefficient (Wildman–Crippen LogP) is 6.83. The van der Waals surface area contributed by atoms with Gasteiger partial charge in [-0.15, -0.1) is 0 Å². The standard InChI is InChI=1S/C35H24BN3/c1-4-14-25(15-5-1)30-24-33-34-35(37-30)39(27-18-8-3-9-19-27)32-23-13-11-21-29(32)36(34)28-20-10-12-22-31(28)38(33)26-16-6-2-7-17-26/h1-24H. The number of hydrogen-bond donors (Lipinski definition) is 0. The van der Waals surface area contributed by atoms with Gasteiger partial charge < -0.3 is 4.90 Å². The zero-order valence-corrected chi connectivity index (χ0v) is 21.3. The quantitative estimate of drug-likeness (QED) is 0.250. The normalized spacial score (nSPS) is 13.0. The van der Waals surface area contributed by atoms with E-state index in [1.165, 1.54) is 33.5 Å². The molecule has 2 aliphatic rings. The van der Waals surface area contributed by atoms with E-state index >= 15 is 0 Å². The Kier molecular flexibility index (Phi) is 4.92. The molecule has 1 aromatic heterocycles. The van der Waals surface area contributed by atoms with Gasteiger partial charge in [0.2, 0.25) is 0 Å². The van der Waals surface area contributed by atoms with Gasteiger partial charge in [0.25, 0.3) is 6.71 Å². The zero-order chi connectivity index (χ0) is 25.8. The molecule has 3 nitrogen and oxygen atoms in total. The van der Waals surface area contributed by atoms with Gasteiger partial charge in [-0.1, -0.05) is 103 Å². The van der Waals surface area contributed by atoms with Crippen LogP contribution in [-0.2, 0) is 0 Å². The molecule has 0 unspecified atom stereocenters. The van der Waals surface area contributed by atoms with Gasteiger partial charge in [0, 0.05) is 34.0 Å². The number of benzene rings is 5. The van der Waals surface area contributed by atoms with Crippen LogP contribution in [0.1, 0.15) is 0 Å². The van der Waals surface area contributed by atoms with Crippen molar-refractivity contribution in [1.82, 2.24) is 4.98 Å². The van der Waals surface area contributed by atoms with Crippen molar-refractivity contribution >= 4 is 57.4 Å². The summed E-state index contributed by atoms with van der Waals surface area (Å²) in [6.45, 7) is 0.0830. The first kappa shape index (κ1) is 21.9. The van der Waals surface area contributed by atoms with Gasteiger partial charge in [0.05, 0.1) is 5.69 Å². The van der Waals surface area contributed by atoms with E-state index in [9.17, 15) is 0 Å². The molecule has 0 fully saturated rings. The summed E-state index contributed by atoms with van der Waals surface area (Å²) < 4.78 is 0. The lowest BCUT2D eigenvalue weighted by Crippen LogP contribution is -2.61. The van der Waals surface area contributed by atoms with Gasteiger partial charge in [-0.05, 0) is 58.9 Å². The third kappa shape index (κ3) is 3.35. The first-order valence-corrected chi connectivity index (χ1v) is 13.4. The van der Waals surface area contributed by atoms with Gasteiger partial charge in [-0.2, -0.15) is 0 Å². The molecule has 5 aromatic carbocycles. The molecule has 0 saturated heterocycles. The van der Waals surface area contributed by atoms with Gasteiger partial charge >= 0.3 is 0 Å². The fraction of sp³-hybridized carbons (Fsp3) is 0. The monoisotopic (exact) mass is 497 g/mol. The van der Waals surface area contributed by atoms with Gasteiger partial charge in [-0.25, -0.2) is 4.98 Å². The summed E-state index contributed by atoms with van der Waals surface area (Å²) >= 11 is 0. The number of aromatic nitrogens is 1. The molecule has 0 atom stereocenters. The maximum atomic E-state index is 5.43. The van der Waals surface area contributed by atoms with Crippen LogP contribution in [0.2, 0.25) is 0 Å². The summed E-state index contributed by atoms with van der Waals surface area (Å²) in [6, 6.07) is 51.7. The Balaban J connectivity index is 1.51. The minimum atomic E-state index is 0.0830. The van der Waals surface area contributed by atoms with Gasteiger partial charge in [-0.3, -0.25) is 4.90 Å². The second-order valence-electron chi connectivity index (χ2n) is 10.0. The molecule has 0 bridgehead atoms. The Morgan fingerprint density at radius 1 is 0.462 bits per heavy atom. The summed E-state index contributed by atoms with van der Waals surface area (Å²) in [4.78, 5) is 10.2. The highest BCUT2D eigenvalue weighted by Crippen LogP contribution is 2.44. The van der Waals surface area contributed by atoms with Crippen LogP contribution >= 0.6 is 0 Å². The summed E-state index contributed by atoms with van der Waals surface area (Å²) in [5.41, 5.74) is 11.7. The first-order chi connectivity index (χ1) is 19.4. The van der Waals surface area contributed by atoms with E-state index < -0.39 is 0 Å². The van der Waals surface area contributed by atoms with Crippen LogP contribution in [0.4, 0.5) is 34.3 Å². The van der Waals surface area contributed by atoms with Crippen LogP contribution < -0.4 is 26.2 Å². The number of para-hydroxylation sites is 4. The van der Waals surface area contributed by atoms with Crippen molar-refractivity contribution in [3.05, 3.63) is 146 Å². The maximum absolute atomic E-state index is 5.43. The van der Waals surface area contributed by atoms with Gasteiger partial charge in [0.15, 0.2) is 0 Å². The topological polar surface area (TPSA) is 19.4 Å². The molecule has 0 saturated carbocycles. The lowest BCUT2D eigenvalue weighted by atomic mass is 9.33. The molecule has 0 radical (unpaired) electrons. The van der Waals surface area contributed by atoms with Crippen molar-refractivity contribution in [1.29, 1.82) is 0 Å². The van der Waals surface area contributed by atoms with Crippen LogP contribution in [0.5, 0.6) is 0 Å². The lowest BCUT2D eigenvalue weighted by Gasteiger charge is -2.43. The van der Waals surface area contributed by atoms with Crippen LogP contribution in [0.25, 0.3) is 11.3 Å². The largest absolute Gasteiger partial charge is 0.311 e. The van der Waals surface area contributed by atoms with Crippen molar-refractivity contribution < 1.29 is 0 Å². The third-order valence-corrected chi connectivity index (χ3v) is 7.83. The van der Waals surface area contributed by atoms with Crippen molar-refractivity contribution in [2.75, 3.05) is 9.80 Å². The summed E-state index contributed by atoms with van der Waals surface area (Å²) in [6.07, 6.45) is 0. The lowest BCUT2D eigenvalue weighted by molar-refractivity contribution is 1.17. The molecule has 0 spiro atoms. The Morgan fingerprint density at radius 2 is 0.949 bits per heavy atom. The first-order valence-electron chi connectivity index (χ1n) is 13.4. The molecular formula is C35H24BN3. The molecule has 8 rings (SSSR count). The number of hydrogen-bond acceptors (Lipinski definition) is 3. The Labute approximate surface area is 228 Å². The summed E-state index contributed by atoms with van der Waals surface area (Å²) in [5.74, 6) is 0.983. The van der Waals surface area contributed by atoms with E-state index in [-0.39, 0.29) is 6.71 Å².